The standard InChI is InChI=1S/C19H18F3N7O/c1-9-5-16(29-18(25-9)19(4,21)22)28-14-6-15(27-11(3)30)23-7-12(14)17-24-8-13(20)10(2)26-17/h5-8H,1-4H3,(H2,23,25,27,28,29,30). The number of halogens is 3. The van der Waals surface area contributed by atoms with Crippen LogP contribution in [0.4, 0.5) is 30.5 Å². The molecule has 0 aliphatic heterocycles. The summed E-state index contributed by atoms with van der Waals surface area (Å²) in [6.45, 7) is 5.06. The van der Waals surface area contributed by atoms with Gasteiger partial charge in [-0.25, -0.2) is 29.3 Å². The molecule has 0 fully saturated rings. The summed E-state index contributed by atoms with van der Waals surface area (Å²) in [6, 6.07) is 2.95. The number of nitrogens with one attached hydrogen (secondary N) is 2. The van der Waals surface area contributed by atoms with Crippen LogP contribution in [0.1, 0.15) is 31.1 Å². The molecule has 0 atom stereocenters. The zero-order valence-corrected chi connectivity index (χ0v) is 16.6. The molecule has 8 nitrogen and oxygen atoms in total. The number of rotatable bonds is 5. The van der Waals surface area contributed by atoms with E-state index in [-0.39, 0.29) is 29.1 Å². The predicted molar refractivity (Wildman–Crippen MR) is 104 cm³/mol. The van der Waals surface area contributed by atoms with Crippen molar-refractivity contribution in [1.82, 2.24) is 24.9 Å². The number of carbonyl (C=O) groups is 1. The van der Waals surface area contributed by atoms with Crippen molar-refractivity contribution in [2.24, 2.45) is 0 Å². The summed E-state index contributed by atoms with van der Waals surface area (Å²) in [5.74, 6) is -4.33. The predicted octanol–water partition coefficient (Wildman–Crippen LogP) is 3.90. The average molecular weight is 417 g/mol. The molecule has 30 heavy (non-hydrogen) atoms. The lowest BCUT2D eigenvalue weighted by Crippen LogP contribution is -2.14. The highest BCUT2D eigenvalue weighted by molar-refractivity contribution is 5.89. The summed E-state index contributed by atoms with van der Waals surface area (Å²) in [5, 5.41) is 5.46. The van der Waals surface area contributed by atoms with Crippen molar-refractivity contribution in [1.29, 1.82) is 0 Å². The first kappa shape index (κ1) is 21.1. The quantitative estimate of drug-likeness (QED) is 0.649. The smallest absolute Gasteiger partial charge is 0.303 e. The largest absolute Gasteiger partial charge is 0.339 e. The van der Waals surface area contributed by atoms with Crippen molar-refractivity contribution < 1.29 is 18.0 Å². The number of pyridine rings is 1. The number of nitrogens with zero attached hydrogens (tertiary/aromatic N) is 5. The lowest BCUT2D eigenvalue weighted by atomic mass is 10.2. The van der Waals surface area contributed by atoms with Crippen LogP contribution < -0.4 is 10.6 Å². The number of hydrogen-bond acceptors (Lipinski definition) is 7. The molecule has 0 aliphatic carbocycles. The molecule has 0 radical (unpaired) electrons. The van der Waals surface area contributed by atoms with Crippen molar-refractivity contribution in [3.63, 3.8) is 0 Å². The van der Waals surface area contributed by atoms with Gasteiger partial charge in [-0.15, -0.1) is 0 Å². The number of anilines is 3. The first-order chi connectivity index (χ1) is 14.0. The third-order valence-corrected chi connectivity index (χ3v) is 3.88. The Kier molecular flexibility index (Phi) is 5.63. The molecule has 0 bridgehead atoms. The molecule has 3 heterocycles. The van der Waals surface area contributed by atoms with Crippen LogP contribution >= 0.6 is 0 Å². The molecule has 0 aliphatic rings. The van der Waals surface area contributed by atoms with Gasteiger partial charge in [0.2, 0.25) is 11.7 Å². The second-order valence-electron chi connectivity index (χ2n) is 6.65. The molecule has 0 unspecified atom stereocenters. The minimum atomic E-state index is -3.23. The number of amides is 1. The molecule has 1 amide bonds. The molecule has 11 heteroatoms. The number of aromatic nitrogens is 5. The fraction of sp³-hybridized carbons (Fsp3) is 0.263. The van der Waals surface area contributed by atoms with Crippen LogP contribution in [0.2, 0.25) is 0 Å². The normalized spacial score (nSPS) is 11.3. The Morgan fingerprint density at radius 2 is 1.77 bits per heavy atom. The van der Waals surface area contributed by atoms with E-state index in [9.17, 15) is 18.0 Å². The first-order valence-corrected chi connectivity index (χ1v) is 8.81. The lowest BCUT2D eigenvalue weighted by molar-refractivity contribution is -0.114. The Hall–Kier alpha value is -3.63. The van der Waals surface area contributed by atoms with E-state index < -0.39 is 17.6 Å². The molecule has 3 aromatic rings. The van der Waals surface area contributed by atoms with Crippen molar-refractivity contribution in [2.75, 3.05) is 10.6 Å². The molecular formula is C19H18F3N7O. The minimum Gasteiger partial charge on any atom is -0.339 e. The van der Waals surface area contributed by atoms with Gasteiger partial charge in [0.1, 0.15) is 11.6 Å². The highest BCUT2D eigenvalue weighted by Crippen LogP contribution is 2.31. The van der Waals surface area contributed by atoms with Crippen LogP contribution in [-0.4, -0.2) is 30.8 Å². The number of aryl methyl sites for hydroxylation is 2. The number of hydrogen-bond donors (Lipinski definition) is 2. The Morgan fingerprint density at radius 1 is 1.03 bits per heavy atom. The van der Waals surface area contributed by atoms with E-state index in [0.717, 1.165) is 6.20 Å². The van der Waals surface area contributed by atoms with Crippen molar-refractivity contribution in [3.8, 4) is 11.4 Å². The van der Waals surface area contributed by atoms with Crippen LogP contribution in [-0.2, 0) is 10.7 Å². The third-order valence-electron chi connectivity index (χ3n) is 3.88. The third kappa shape index (κ3) is 4.85. The van der Waals surface area contributed by atoms with Gasteiger partial charge in [-0.05, 0) is 13.8 Å². The van der Waals surface area contributed by atoms with Crippen LogP contribution in [0.5, 0.6) is 0 Å². The lowest BCUT2D eigenvalue weighted by Gasteiger charge is -2.15. The monoisotopic (exact) mass is 417 g/mol. The molecule has 0 saturated heterocycles. The molecule has 0 aromatic carbocycles. The summed E-state index contributed by atoms with van der Waals surface area (Å²) >= 11 is 0. The van der Waals surface area contributed by atoms with Gasteiger partial charge in [0.15, 0.2) is 11.6 Å². The molecule has 3 rings (SSSR count). The second-order valence-corrected chi connectivity index (χ2v) is 6.65. The second kappa shape index (κ2) is 8.01. The van der Waals surface area contributed by atoms with Gasteiger partial charge in [0, 0.05) is 37.9 Å². The maximum Gasteiger partial charge on any atom is 0.303 e. The van der Waals surface area contributed by atoms with Crippen LogP contribution in [0.3, 0.4) is 0 Å². The maximum atomic E-state index is 13.7. The zero-order valence-electron chi connectivity index (χ0n) is 16.6. The SMILES string of the molecule is CC(=O)Nc1cc(Nc2cc(C)nc(C(C)(F)F)n2)c(-c2ncc(F)c(C)n2)cn1. The van der Waals surface area contributed by atoms with Crippen molar-refractivity contribution in [3.05, 3.63) is 47.6 Å². The highest BCUT2D eigenvalue weighted by Gasteiger charge is 2.29. The molecule has 2 N–H and O–H groups in total. The first-order valence-electron chi connectivity index (χ1n) is 8.81. The van der Waals surface area contributed by atoms with Gasteiger partial charge in [-0.3, -0.25) is 4.79 Å². The van der Waals surface area contributed by atoms with Gasteiger partial charge in [-0.2, -0.15) is 8.78 Å². The molecule has 0 saturated carbocycles. The highest BCUT2D eigenvalue weighted by atomic mass is 19.3. The van der Waals surface area contributed by atoms with E-state index in [1.165, 1.54) is 32.2 Å². The van der Waals surface area contributed by atoms with E-state index in [4.69, 9.17) is 0 Å². The minimum absolute atomic E-state index is 0.0964. The Morgan fingerprint density at radius 3 is 2.40 bits per heavy atom. The Bertz CT molecular complexity index is 1120. The molecular weight excluding hydrogens is 399 g/mol. The van der Waals surface area contributed by atoms with Gasteiger partial charge >= 0.3 is 5.92 Å². The number of alkyl halides is 2. The topological polar surface area (TPSA) is 106 Å². The zero-order chi connectivity index (χ0) is 22.1. The summed E-state index contributed by atoms with van der Waals surface area (Å²) in [4.78, 5) is 31.2. The van der Waals surface area contributed by atoms with E-state index in [0.29, 0.717) is 23.9 Å². The van der Waals surface area contributed by atoms with Crippen LogP contribution in [0, 0.1) is 19.7 Å². The van der Waals surface area contributed by atoms with Gasteiger partial charge in [0.25, 0.3) is 0 Å². The van der Waals surface area contributed by atoms with Crippen LogP contribution in [0.25, 0.3) is 11.4 Å². The summed E-state index contributed by atoms with van der Waals surface area (Å²) in [6.07, 6.45) is 2.40. The summed E-state index contributed by atoms with van der Waals surface area (Å²) in [5.41, 5.74) is 1.13. The average Bonchev–Trinajstić information content (AvgIpc) is 2.63. The Labute approximate surface area is 170 Å². The van der Waals surface area contributed by atoms with E-state index in [1.807, 2.05) is 0 Å². The summed E-state index contributed by atoms with van der Waals surface area (Å²) < 4.78 is 41.0. The van der Waals surface area contributed by atoms with Gasteiger partial charge < -0.3 is 10.6 Å². The van der Waals surface area contributed by atoms with Crippen LogP contribution in [0.15, 0.2) is 24.5 Å². The van der Waals surface area contributed by atoms with Gasteiger partial charge in [0.05, 0.1) is 23.1 Å². The van der Waals surface area contributed by atoms with Crippen molar-refractivity contribution in [2.45, 2.75) is 33.6 Å². The molecule has 0 spiro atoms. The fourth-order valence-electron chi connectivity index (χ4n) is 2.53. The van der Waals surface area contributed by atoms with E-state index in [1.54, 1.807) is 6.92 Å². The molecule has 156 valence electrons. The fourth-order valence-corrected chi connectivity index (χ4v) is 2.53. The van der Waals surface area contributed by atoms with Crippen molar-refractivity contribution >= 4 is 23.2 Å². The summed E-state index contributed by atoms with van der Waals surface area (Å²) in [7, 11) is 0. The maximum absolute atomic E-state index is 13.7. The van der Waals surface area contributed by atoms with E-state index in [2.05, 4.69) is 35.6 Å². The molecule has 3 aromatic heterocycles. The van der Waals surface area contributed by atoms with E-state index >= 15 is 0 Å². The van der Waals surface area contributed by atoms with Gasteiger partial charge in [-0.1, -0.05) is 0 Å². The Balaban J connectivity index is 2.10. The number of carbonyl (C=O) groups excluding carboxylic acids is 1.